The molecule has 1 N–H and O–H groups in total. The van der Waals surface area contributed by atoms with E-state index in [2.05, 4.69) is 15.2 Å². The largest absolute Gasteiger partial charge is 0.380 e. The van der Waals surface area contributed by atoms with E-state index >= 15 is 0 Å². The van der Waals surface area contributed by atoms with Crippen LogP contribution in [0.15, 0.2) is 36.7 Å². The first-order valence-electron chi connectivity index (χ1n) is 7.44. The van der Waals surface area contributed by atoms with Gasteiger partial charge in [0, 0.05) is 24.8 Å². The van der Waals surface area contributed by atoms with Crippen molar-refractivity contribution in [1.29, 1.82) is 0 Å². The summed E-state index contributed by atoms with van der Waals surface area (Å²) in [6.07, 6.45) is 2.21. The molecule has 1 amide bonds. The van der Waals surface area contributed by atoms with E-state index in [-0.39, 0.29) is 18.1 Å². The Kier molecular flexibility index (Phi) is 3.59. The van der Waals surface area contributed by atoms with Crippen molar-refractivity contribution >= 4 is 27.3 Å². The molecule has 0 radical (unpaired) electrons. The number of methoxy groups -OCH3 is 1. The fourth-order valence-corrected chi connectivity index (χ4v) is 4.07. The molecule has 1 aliphatic rings. The smallest absolute Gasteiger partial charge is 0.264 e. The van der Waals surface area contributed by atoms with Crippen molar-refractivity contribution in [2.75, 3.05) is 13.7 Å². The lowest BCUT2D eigenvalue weighted by atomic mass is 10.2. The first-order chi connectivity index (χ1) is 11.3. The molecule has 6 nitrogen and oxygen atoms in total. The molecule has 23 heavy (non-hydrogen) atoms. The Labute approximate surface area is 137 Å². The molecule has 1 fully saturated rings. The van der Waals surface area contributed by atoms with Gasteiger partial charge in [-0.3, -0.25) is 9.89 Å². The van der Waals surface area contributed by atoms with E-state index in [1.165, 1.54) is 17.7 Å². The summed E-state index contributed by atoms with van der Waals surface area (Å²) in [6, 6.07) is 9.86. The molecule has 0 aliphatic carbocycles. The number of ether oxygens (including phenoxy) is 1. The van der Waals surface area contributed by atoms with Gasteiger partial charge in [-0.2, -0.15) is 5.10 Å². The average Bonchev–Trinajstić information content (AvgIpc) is 3.30. The number of rotatable bonds is 3. The first kappa shape index (κ1) is 14.3. The molecule has 0 spiro atoms. The molecule has 3 heterocycles. The van der Waals surface area contributed by atoms with Crippen LogP contribution < -0.4 is 0 Å². The summed E-state index contributed by atoms with van der Waals surface area (Å²) >= 11 is 1.52. The Morgan fingerprint density at radius 3 is 3.04 bits per heavy atom. The zero-order valence-corrected chi connectivity index (χ0v) is 13.4. The van der Waals surface area contributed by atoms with Crippen LogP contribution >= 0.6 is 11.3 Å². The minimum atomic E-state index is -0.125. The van der Waals surface area contributed by atoms with Crippen molar-refractivity contribution in [1.82, 2.24) is 20.1 Å². The predicted molar refractivity (Wildman–Crippen MR) is 87.4 cm³/mol. The van der Waals surface area contributed by atoms with Gasteiger partial charge < -0.3 is 9.64 Å². The number of carbonyl (C=O) groups excluding carboxylic acids is 1. The number of carbonyl (C=O) groups is 1. The molecule has 2 aromatic heterocycles. The second-order valence-corrected chi connectivity index (χ2v) is 6.67. The van der Waals surface area contributed by atoms with Gasteiger partial charge in [0.05, 0.1) is 17.0 Å². The molecule has 1 saturated heterocycles. The van der Waals surface area contributed by atoms with Gasteiger partial charge in [0.1, 0.15) is 12.2 Å². The van der Waals surface area contributed by atoms with Crippen LogP contribution in [0, 0.1) is 0 Å². The number of amides is 1. The average molecular weight is 328 g/mol. The van der Waals surface area contributed by atoms with Gasteiger partial charge in [-0.25, -0.2) is 4.98 Å². The molecule has 0 bridgehead atoms. The molecule has 7 heteroatoms. The SMILES string of the molecule is CO[C@@H]1C[C@@H](c2ncn[nH]2)N(C(=O)c2cc3ccccc3s2)C1. The van der Waals surface area contributed by atoms with Crippen molar-refractivity contribution in [2.24, 2.45) is 0 Å². The van der Waals surface area contributed by atoms with Gasteiger partial charge in [-0.15, -0.1) is 11.3 Å². The van der Waals surface area contributed by atoms with Crippen molar-refractivity contribution in [3.05, 3.63) is 47.4 Å². The number of benzene rings is 1. The number of fused-ring (bicyclic) bond motifs is 1. The highest BCUT2D eigenvalue weighted by molar-refractivity contribution is 7.20. The highest BCUT2D eigenvalue weighted by atomic mass is 32.1. The second-order valence-electron chi connectivity index (χ2n) is 5.59. The molecule has 2 atom stereocenters. The lowest BCUT2D eigenvalue weighted by molar-refractivity contribution is 0.0689. The van der Waals surface area contributed by atoms with Crippen molar-refractivity contribution in [3.8, 4) is 0 Å². The number of nitrogens with zero attached hydrogens (tertiary/aromatic N) is 3. The number of H-pyrrole nitrogens is 1. The van der Waals surface area contributed by atoms with Gasteiger partial charge >= 0.3 is 0 Å². The monoisotopic (exact) mass is 328 g/mol. The fourth-order valence-electron chi connectivity index (χ4n) is 3.06. The van der Waals surface area contributed by atoms with Crippen LogP contribution in [0.5, 0.6) is 0 Å². The molecule has 1 aromatic carbocycles. The topological polar surface area (TPSA) is 71.1 Å². The molecule has 118 valence electrons. The molecule has 0 unspecified atom stereocenters. The second kappa shape index (κ2) is 5.75. The van der Waals surface area contributed by atoms with E-state index in [0.29, 0.717) is 12.4 Å². The summed E-state index contributed by atoms with van der Waals surface area (Å²) < 4.78 is 6.58. The molecule has 4 rings (SSSR count). The van der Waals surface area contributed by atoms with E-state index in [1.807, 2.05) is 35.2 Å². The van der Waals surface area contributed by atoms with Crippen LogP contribution in [-0.2, 0) is 4.74 Å². The normalized spacial score (nSPS) is 21.2. The summed E-state index contributed by atoms with van der Waals surface area (Å²) in [5.74, 6) is 0.728. The minimum Gasteiger partial charge on any atom is -0.380 e. The van der Waals surface area contributed by atoms with E-state index in [9.17, 15) is 4.79 Å². The number of aromatic amines is 1. The Morgan fingerprint density at radius 1 is 1.43 bits per heavy atom. The maximum atomic E-state index is 13.0. The van der Waals surface area contributed by atoms with E-state index in [4.69, 9.17) is 4.74 Å². The minimum absolute atomic E-state index is 0.0171. The Morgan fingerprint density at radius 2 is 2.30 bits per heavy atom. The molecule has 3 aromatic rings. The fraction of sp³-hybridized carbons (Fsp3) is 0.312. The molecular formula is C16H16N4O2S. The van der Waals surface area contributed by atoms with Gasteiger partial charge in [0.15, 0.2) is 0 Å². The maximum Gasteiger partial charge on any atom is 0.264 e. The quantitative estimate of drug-likeness (QED) is 0.802. The number of likely N-dealkylation sites (tertiary alicyclic amines) is 1. The highest BCUT2D eigenvalue weighted by Gasteiger charge is 2.38. The van der Waals surface area contributed by atoms with Crippen LogP contribution in [0.25, 0.3) is 10.1 Å². The zero-order chi connectivity index (χ0) is 15.8. The molecular weight excluding hydrogens is 312 g/mol. The summed E-state index contributed by atoms with van der Waals surface area (Å²) in [5, 5.41) is 7.88. The Balaban J connectivity index is 1.67. The standard InChI is InChI=1S/C16H16N4O2S/c1-22-11-7-12(15-17-9-18-19-15)20(8-11)16(21)14-6-10-4-2-3-5-13(10)23-14/h2-6,9,11-12H,7-8H2,1H3,(H,17,18,19)/t11-,12+/m1/s1. The number of thiophene rings is 1. The third-order valence-corrected chi connectivity index (χ3v) is 5.35. The van der Waals surface area contributed by atoms with Crippen molar-refractivity contribution in [2.45, 2.75) is 18.6 Å². The zero-order valence-electron chi connectivity index (χ0n) is 12.6. The van der Waals surface area contributed by atoms with Gasteiger partial charge in [-0.05, 0) is 17.5 Å². The van der Waals surface area contributed by atoms with Crippen molar-refractivity contribution in [3.63, 3.8) is 0 Å². The summed E-state index contributed by atoms with van der Waals surface area (Å²) in [7, 11) is 1.68. The Bertz CT molecular complexity index is 797. The van der Waals surface area contributed by atoms with Gasteiger partial charge in [-0.1, -0.05) is 18.2 Å². The molecule has 1 aliphatic heterocycles. The van der Waals surface area contributed by atoms with Gasteiger partial charge in [0.25, 0.3) is 5.91 Å². The van der Waals surface area contributed by atoms with Crippen molar-refractivity contribution < 1.29 is 9.53 Å². The lowest BCUT2D eigenvalue weighted by Crippen LogP contribution is -2.31. The van der Waals surface area contributed by atoms with E-state index < -0.39 is 0 Å². The predicted octanol–water partition coefficient (Wildman–Crippen LogP) is 2.62. The summed E-state index contributed by atoms with van der Waals surface area (Å²) in [4.78, 5) is 19.8. The molecule has 0 saturated carbocycles. The summed E-state index contributed by atoms with van der Waals surface area (Å²) in [6.45, 7) is 0.564. The third kappa shape index (κ3) is 2.51. The van der Waals surface area contributed by atoms with Gasteiger partial charge in [0.2, 0.25) is 0 Å². The maximum absolute atomic E-state index is 13.0. The lowest BCUT2D eigenvalue weighted by Gasteiger charge is -2.21. The van der Waals surface area contributed by atoms with Crippen LogP contribution in [-0.4, -0.2) is 45.7 Å². The summed E-state index contributed by atoms with van der Waals surface area (Å²) in [5.41, 5.74) is 0. The van der Waals surface area contributed by atoms with Crippen LogP contribution in [0.1, 0.15) is 28.0 Å². The van der Waals surface area contributed by atoms with Crippen LogP contribution in [0.4, 0.5) is 0 Å². The number of aromatic nitrogens is 3. The van der Waals surface area contributed by atoms with E-state index in [1.54, 1.807) is 7.11 Å². The third-order valence-electron chi connectivity index (χ3n) is 4.24. The van der Waals surface area contributed by atoms with E-state index in [0.717, 1.165) is 21.4 Å². The first-order valence-corrected chi connectivity index (χ1v) is 8.25. The highest BCUT2D eigenvalue weighted by Crippen LogP contribution is 2.34. The van der Waals surface area contributed by atoms with Crippen LogP contribution in [0.3, 0.4) is 0 Å². The number of nitrogens with one attached hydrogen (secondary N) is 1. The van der Waals surface area contributed by atoms with Crippen LogP contribution in [0.2, 0.25) is 0 Å². The Hall–Kier alpha value is -2.25. The number of hydrogen-bond acceptors (Lipinski definition) is 5. The number of hydrogen-bond donors (Lipinski definition) is 1.